The van der Waals surface area contributed by atoms with E-state index in [4.69, 9.17) is 16.6 Å². The molecule has 5 rings (SSSR count). The normalized spacial score (nSPS) is 18.8. The highest BCUT2D eigenvalue weighted by atomic mass is 35.5. The summed E-state index contributed by atoms with van der Waals surface area (Å²) >= 11 is 7.54. The van der Waals surface area contributed by atoms with Crippen LogP contribution >= 0.6 is 22.9 Å². The number of thiazole rings is 1. The van der Waals surface area contributed by atoms with Gasteiger partial charge in [-0.25, -0.2) is 9.37 Å². The molecule has 2 aromatic carbocycles. The molecule has 1 saturated heterocycles. The van der Waals surface area contributed by atoms with E-state index in [-0.39, 0.29) is 23.5 Å². The number of carbonyl (C=O) groups is 2. The van der Waals surface area contributed by atoms with Gasteiger partial charge in [0.2, 0.25) is 5.78 Å². The highest BCUT2D eigenvalue weighted by molar-refractivity contribution is 7.15. The zero-order valence-electron chi connectivity index (χ0n) is 17.8. The minimum atomic E-state index is -0.771. The first-order chi connectivity index (χ1) is 16.0. The number of amides is 1. The van der Waals surface area contributed by atoms with E-state index in [1.165, 1.54) is 23.5 Å². The topological polar surface area (TPSA) is 71.1 Å². The number of rotatable bonds is 7. The highest BCUT2D eigenvalue weighted by Crippen LogP contribution is 2.45. The smallest absolute Gasteiger partial charge is 0.251 e. The summed E-state index contributed by atoms with van der Waals surface area (Å²) in [5.74, 6) is -0.544. The summed E-state index contributed by atoms with van der Waals surface area (Å²) in [6, 6.07) is 11.8. The summed E-state index contributed by atoms with van der Waals surface area (Å²) < 4.78 is 13.5. The Balaban J connectivity index is 1.50. The van der Waals surface area contributed by atoms with Crippen molar-refractivity contribution >= 4 is 34.6 Å². The Morgan fingerprint density at radius 1 is 1.15 bits per heavy atom. The van der Waals surface area contributed by atoms with Gasteiger partial charge in [0.25, 0.3) is 5.91 Å². The number of benzene rings is 2. The second-order valence-corrected chi connectivity index (χ2v) is 10.0. The zero-order chi connectivity index (χ0) is 22.9. The third-order valence-corrected chi connectivity index (χ3v) is 7.57. The van der Waals surface area contributed by atoms with E-state index in [1.807, 2.05) is 0 Å². The fourth-order valence-electron chi connectivity index (χ4n) is 4.15. The van der Waals surface area contributed by atoms with Crippen molar-refractivity contribution in [3.63, 3.8) is 0 Å². The van der Waals surface area contributed by atoms with Crippen LogP contribution in [-0.2, 0) is 0 Å². The van der Waals surface area contributed by atoms with Crippen molar-refractivity contribution in [2.24, 2.45) is 0 Å². The minimum Gasteiger partial charge on any atom is -0.340 e. The molecule has 170 valence electrons. The van der Waals surface area contributed by atoms with Gasteiger partial charge in [-0.1, -0.05) is 29.8 Å². The van der Waals surface area contributed by atoms with E-state index in [2.05, 4.69) is 10.6 Å². The fourth-order valence-corrected chi connectivity index (χ4v) is 5.59. The molecule has 3 aromatic rings. The number of aromatic nitrogens is 1. The first-order valence-electron chi connectivity index (χ1n) is 11.1. The van der Waals surface area contributed by atoms with Gasteiger partial charge in [-0.3, -0.25) is 9.59 Å². The molecule has 2 heterocycles. The molecule has 8 heteroatoms. The number of nitrogens with zero attached hydrogens (tertiary/aromatic N) is 1. The second-order valence-electron chi connectivity index (χ2n) is 8.54. The Labute approximate surface area is 200 Å². The third kappa shape index (κ3) is 4.86. The highest BCUT2D eigenvalue weighted by Gasteiger charge is 2.37. The third-order valence-electron chi connectivity index (χ3n) is 6.07. The van der Waals surface area contributed by atoms with Crippen molar-refractivity contribution in [1.29, 1.82) is 0 Å². The number of nitrogens with one attached hydrogen (secondary N) is 2. The van der Waals surface area contributed by atoms with E-state index in [0.29, 0.717) is 22.2 Å². The molecule has 0 bridgehead atoms. The molecular weight excluding hydrogens is 461 g/mol. The maximum atomic E-state index is 13.9. The van der Waals surface area contributed by atoms with Crippen LogP contribution in [0.1, 0.15) is 57.5 Å². The lowest BCUT2D eigenvalue weighted by atomic mass is 9.97. The minimum absolute atomic E-state index is 0.187. The van der Waals surface area contributed by atoms with E-state index >= 15 is 0 Å². The van der Waals surface area contributed by atoms with Crippen LogP contribution in [0.5, 0.6) is 0 Å². The molecule has 2 N–H and O–H groups in total. The van der Waals surface area contributed by atoms with Gasteiger partial charge in [0, 0.05) is 22.5 Å². The van der Waals surface area contributed by atoms with Crippen LogP contribution in [0, 0.1) is 5.82 Å². The number of halogens is 2. The fraction of sp³-hybridized carbons (Fsp3) is 0.320. The molecule has 0 spiro atoms. The van der Waals surface area contributed by atoms with Crippen LogP contribution in [0.2, 0.25) is 5.02 Å². The molecule has 1 amide bonds. The average Bonchev–Trinajstić information content (AvgIpc) is 3.34. The van der Waals surface area contributed by atoms with Crippen molar-refractivity contribution in [2.75, 3.05) is 6.54 Å². The monoisotopic (exact) mass is 483 g/mol. The standard InChI is InChI=1S/C25H23ClFN3O2S/c26-17-4-1-3-16(13-17)24(32)29-20(19-5-2-12-28-19)22(31)21-23(14-8-10-18(27)11-9-14)33-25(30-21)15-6-7-15/h1,3-4,8-11,13,15,19-20,28H,2,5-7,12H2,(H,29,32). The molecule has 2 aliphatic rings. The molecule has 2 unspecified atom stereocenters. The summed E-state index contributed by atoms with van der Waals surface area (Å²) in [5.41, 5.74) is 1.50. The Kier molecular flexibility index (Phi) is 6.27. The van der Waals surface area contributed by atoms with Crippen molar-refractivity contribution < 1.29 is 14.0 Å². The van der Waals surface area contributed by atoms with Crippen molar-refractivity contribution in [3.8, 4) is 10.4 Å². The van der Waals surface area contributed by atoms with Gasteiger partial charge in [-0.15, -0.1) is 11.3 Å². The van der Waals surface area contributed by atoms with E-state index < -0.39 is 6.04 Å². The van der Waals surface area contributed by atoms with Crippen molar-refractivity contribution in [3.05, 3.63) is 75.6 Å². The number of ketones is 1. The van der Waals surface area contributed by atoms with Crippen LogP contribution in [-0.4, -0.2) is 35.3 Å². The lowest BCUT2D eigenvalue weighted by Gasteiger charge is -2.24. The maximum Gasteiger partial charge on any atom is 0.251 e. The molecule has 0 radical (unpaired) electrons. The number of Topliss-reactive ketones (excluding diaryl/α,β-unsaturated/α-hetero) is 1. The van der Waals surface area contributed by atoms with Gasteiger partial charge in [0.15, 0.2) is 0 Å². The Bertz CT molecular complexity index is 1190. The number of carbonyl (C=O) groups excluding carboxylic acids is 2. The van der Waals surface area contributed by atoms with Crippen molar-refractivity contribution in [1.82, 2.24) is 15.6 Å². The molecule has 1 saturated carbocycles. The van der Waals surface area contributed by atoms with Gasteiger partial charge in [0.05, 0.1) is 9.88 Å². The molecule has 2 fully saturated rings. The van der Waals surface area contributed by atoms with Crippen molar-refractivity contribution in [2.45, 2.75) is 43.7 Å². The quantitative estimate of drug-likeness (QED) is 0.452. The van der Waals surface area contributed by atoms with Crippen LogP contribution in [0.4, 0.5) is 4.39 Å². The largest absolute Gasteiger partial charge is 0.340 e. The molecule has 33 heavy (non-hydrogen) atoms. The van der Waals surface area contributed by atoms with Crippen LogP contribution < -0.4 is 10.6 Å². The van der Waals surface area contributed by atoms with Crippen LogP contribution in [0.15, 0.2) is 48.5 Å². The molecule has 1 aliphatic carbocycles. The summed E-state index contributed by atoms with van der Waals surface area (Å²) in [4.78, 5) is 32.3. The van der Waals surface area contributed by atoms with Gasteiger partial charge in [-0.2, -0.15) is 0 Å². The van der Waals surface area contributed by atoms with E-state index in [1.54, 1.807) is 36.4 Å². The Morgan fingerprint density at radius 2 is 1.94 bits per heavy atom. The molecular formula is C25H23ClFN3O2S. The molecule has 5 nitrogen and oxygen atoms in total. The zero-order valence-corrected chi connectivity index (χ0v) is 19.4. The SMILES string of the molecule is O=C(NC(C(=O)c1nc(C2CC2)sc1-c1ccc(F)cc1)C1CCCN1)c1cccc(Cl)c1. The lowest BCUT2D eigenvalue weighted by molar-refractivity contribution is 0.0836. The first-order valence-corrected chi connectivity index (χ1v) is 12.3. The predicted molar refractivity (Wildman–Crippen MR) is 128 cm³/mol. The lowest BCUT2D eigenvalue weighted by Crippen LogP contribution is -2.52. The van der Waals surface area contributed by atoms with Crippen LogP contribution in [0.3, 0.4) is 0 Å². The van der Waals surface area contributed by atoms with Gasteiger partial charge in [0.1, 0.15) is 17.6 Å². The number of hydrogen-bond donors (Lipinski definition) is 2. The summed E-state index contributed by atoms with van der Waals surface area (Å²) in [5, 5.41) is 7.67. The summed E-state index contributed by atoms with van der Waals surface area (Å²) in [7, 11) is 0. The van der Waals surface area contributed by atoms with Gasteiger partial charge >= 0.3 is 0 Å². The summed E-state index contributed by atoms with van der Waals surface area (Å²) in [6.07, 6.45) is 3.82. The Hall–Kier alpha value is -2.61. The summed E-state index contributed by atoms with van der Waals surface area (Å²) in [6.45, 7) is 0.788. The van der Waals surface area contributed by atoms with E-state index in [9.17, 15) is 14.0 Å². The average molecular weight is 484 g/mol. The maximum absolute atomic E-state index is 13.9. The van der Waals surface area contributed by atoms with Gasteiger partial charge < -0.3 is 10.6 Å². The molecule has 1 aliphatic heterocycles. The van der Waals surface area contributed by atoms with Gasteiger partial charge in [-0.05, 0) is 68.1 Å². The Morgan fingerprint density at radius 3 is 2.61 bits per heavy atom. The molecule has 2 atom stereocenters. The predicted octanol–water partition coefficient (Wildman–Crippen LogP) is 5.21. The first kappa shape index (κ1) is 22.2. The van der Waals surface area contributed by atoms with Crippen LogP contribution in [0.25, 0.3) is 10.4 Å². The van der Waals surface area contributed by atoms with E-state index in [0.717, 1.165) is 47.7 Å². The second kappa shape index (κ2) is 9.33. The number of hydrogen-bond acceptors (Lipinski definition) is 5. The molecule has 1 aromatic heterocycles.